The molecular formula is C16H33NO. The molecule has 0 spiro atoms. The van der Waals surface area contributed by atoms with E-state index in [2.05, 4.69) is 39.9 Å². The van der Waals surface area contributed by atoms with Crippen LogP contribution in [0.2, 0.25) is 0 Å². The molecule has 1 fully saturated rings. The van der Waals surface area contributed by atoms with E-state index in [1.165, 1.54) is 19.3 Å². The summed E-state index contributed by atoms with van der Waals surface area (Å²) in [6.45, 7) is 14.1. The fraction of sp³-hybridized carbons (Fsp3) is 1.00. The molecule has 1 aliphatic rings. The van der Waals surface area contributed by atoms with Crippen molar-refractivity contribution in [3.63, 3.8) is 0 Å². The third kappa shape index (κ3) is 4.89. The Morgan fingerprint density at radius 3 is 2.17 bits per heavy atom. The van der Waals surface area contributed by atoms with Crippen molar-refractivity contribution in [3.8, 4) is 0 Å². The van der Waals surface area contributed by atoms with Crippen molar-refractivity contribution in [2.24, 2.45) is 17.8 Å². The first kappa shape index (κ1) is 16.0. The molecule has 1 aliphatic carbocycles. The Morgan fingerprint density at radius 1 is 1.06 bits per heavy atom. The Morgan fingerprint density at radius 2 is 1.67 bits per heavy atom. The molecule has 2 nitrogen and oxygen atoms in total. The molecular weight excluding hydrogens is 222 g/mol. The average Bonchev–Trinajstić information content (AvgIpc) is 2.19. The van der Waals surface area contributed by atoms with Gasteiger partial charge in [0, 0.05) is 5.54 Å². The predicted octanol–water partition coefficient (Wildman–Crippen LogP) is 3.59. The molecule has 108 valence electrons. The van der Waals surface area contributed by atoms with Gasteiger partial charge in [-0.2, -0.15) is 0 Å². The topological polar surface area (TPSA) is 32.3 Å². The molecule has 0 aromatic carbocycles. The number of rotatable bonds is 4. The summed E-state index contributed by atoms with van der Waals surface area (Å²) in [6.07, 6.45) is 4.50. The zero-order valence-corrected chi connectivity index (χ0v) is 13.2. The highest BCUT2D eigenvalue weighted by Gasteiger charge is 2.36. The Bertz CT molecular complexity index is 254. The first-order valence-corrected chi connectivity index (χ1v) is 7.59. The van der Waals surface area contributed by atoms with Gasteiger partial charge in [-0.1, -0.05) is 20.3 Å². The maximum atomic E-state index is 10.7. The molecule has 2 heteroatoms. The van der Waals surface area contributed by atoms with Gasteiger partial charge in [0.25, 0.3) is 0 Å². The van der Waals surface area contributed by atoms with Crippen LogP contribution in [0.1, 0.15) is 67.2 Å². The molecule has 2 N–H and O–H groups in total. The summed E-state index contributed by atoms with van der Waals surface area (Å²) < 4.78 is 0. The summed E-state index contributed by atoms with van der Waals surface area (Å²) in [4.78, 5) is 0. The predicted molar refractivity (Wildman–Crippen MR) is 78.7 cm³/mol. The van der Waals surface area contributed by atoms with Gasteiger partial charge in [0.05, 0.1) is 5.60 Å². The minimum Gasteiger partial charge on any atom is -0.390 e. The van der Waals surface area contributed by atoms with E-state index in [1.54, 1.807) is 0 Å². The molecule has 0 aliphatic heterocycles. The van der Waals surface area contributed by atoms with Crippen LogP contribution in [0.3, 0.4) is 0 Å². The van der Waals surface area contributed by atoms with Crippen LogP contribution in [0, 0.1) is 17.8 Å². The normalized spacial score (nSPS) is 33.2. The number of hydrogen-bond donors (Lipinski definition) is 2. The molecule has 0 aromatic heterocycles. The van der Waals surface area contributed by atoms with Crippen LogP contribution < -0.4 is 5.32 Å². The molecule has 0 aromatic rings. The van der Waals surface area contributed by atoms with Gasteiger partial charge >= 0.3 is 0 Å². The second-order valence-electron chi connectivity index (χ2n) is 7.75. The van der Waals surface area contributed by atoms with Crippen molar-refractivity contribution < 1.29 is 5.11 Å². The Kier molecular flexibility index (Phi) is 5.25. The highest BCUT2D eigenvalue weighted by atomic mass is 16.3. The minimum absolute atomic E-state index is 0.143. The van der Waals surface area contributed by atoms with Gasteiger partial charge in [-0.3, -0.25) is 0 Å². The van der Waals surface area contributed by atoms with E-state index < -0.39 is 5.60 Å². The largest absolute Gasteiger partial charge is 0.390 e. The number of aliphatic hydroxyl groups is 1. The Hall–Kier alpha value is -0.0800. The lowest BCUT2D eigenvalue weighted by Crippen LogP contribution is -2.44. The molecule has 0 radical (unpaired) electrons. The lowest BCUT2D eigenvalue weighted by molar-refractivity contribution is -0.0385. The fourth-order valence-electron chi connectivity index (χ4n) is 3.01. The van der Waals surface area contributed by atoms with Crippen LogP contribution in [-0.2, 0) is 0 Å². The summed E-state index contributed by atoms with van der Waals surface area (Å²) in [7, 11) is 0. The SMILES string of the molecule is CC1CCC(C(C)(O)CCNC(C)(C)C)CC1C. The van der Waals surface area contributed by atoms with Crippen LogP contribution >= 0.6 is 0 Å². The van der Waals surface area contributed by atoms with Crippen molar-refractivity contribution in [1.29, 1.82) is 0 Å². The molecule has 4 unspecified atom stereocenters. The van der Waals surface area contributed by atoms with Gasteiger partial charge < -0.3 is 10.4 Å². The van der Waals surface area contributed by atoms with Crippen molar-refractivity contribution in [1.82, 2.24) is 5.32 Å². The van der Waals surface area contributed by atoms with Crippen LogP contribution in [0.25, 0.3) is 0 Å². The number of hydrogen-bond acceptors (Lipinski definition) is 2. The Balaban J connectivity index is 2.43. The van der Waals surface area contributed by atoms with Gasteiger partial charge in [0.1, 0.15) is 0 Å². The van der Waals surface area contributed by atoms with E-state index in [0.717, 1.165) is 24.8 Å². The third-order valence-corrected chi connectivity index (χ3v) is 4.76. The molecule has 1 saturated carbocycles. The molecule has 0 heterocycles. The monoisotopic (exact) mass is 255 g/mol. The summed E-state index contributed by atoms with van der Waals surface area (Å²) in [6, 6.07) is 0. The van der Waals surface area contributed by atoms with E-state index in [0.29, 0.717) is 5.92 Å². The lowest BCUT2D eigenvalue weighted by atomic mass is 9.69. The second kappa shape index (κ2) is 5.92. The highest BCUT2D eigenvalue weighted by molar-refractivity contribution is 4.88. The summed E-state index contributed by atoms with van der Waals surface area (Å²) in [5, 5.41) is 14.2. The van der Waals surface area contributed by atoms with Crippen molar-refractivity contribution in [2.45, 2.75) is 78.4 Å². The fourth-order valence-corrected chi connectivity index (χ4v) is 3.01. The van der Waals surface area contributed by atoms with E-state index in [4.69, 9.17) is 0 Å². The zero-order chi connectivity index (χ0) is 14.0. The second-order valence-corrected chi connectivity index (χ2v) is 7.75. The molecule has 0 saturated heterocycles. The van der Waals surface area contributed by atoms with E-state index in [-0.39, 0.29) is 5.54 Å². The van der Waals surface area contributed by atoms with Crippen LogP contribution in [0.15, 0.2) is 0 Å². The zero-order valence-electron chi connectivity index (χ0n) is 13.2. The van der Waals surface area contributed by atoms with E-state index in [9.17, 15) is 5.11 Å². The summed E-state index contributed by atoms with van der Waals surface area (Å²) in [5.41, 5.74) is -0.364. The van der Waals surface area contributed by atoms with E-state index >= 15 is 0 Å². The molecule has 0 bridgehead atoms. The van der Waals surface area contributed by atoms with Crippen molar-refractivity contribution in [3.05, 3.63) is 0 Å². The first-order chi connectivity index (χ1) is 8.12. The maximum absolute atomic E-state index is 10.7. The van der Waals surface area contributed by atoms with Gasteiger partial charge in [-0.15, -0.1) is 0 Å². The molecule has 4 atom stereocenters. The maximum Gasteiger partial charge on any atom is 0.0660 e. The molecule has 18 heavy (non-hydrogen) atoms. The average molecular weight is 255 g/mol. The minimum atomic E-state index is -0.507. The smallest absolute Gasteiger partial charge is 0.0660 e. The standard InChI is InChI=1S/C16H33NO/c1-12-7-8-14(11-13(12)2)16(6,18)9-10-17-15(3,4)5/h12-14,17-18H,7-11H2,1-6H3. The first-order valence-electron chi connectivity index (χ1n) is 7.59. The van der Waals surface area contributed by atoms with Gasteiger partial charge in [0.2, 0.25) is 0 Å². The lowest BCUT2D eigenvalue weighted by Gasteiger charge is -2.41. The van der Waals surface area contributed by atoms with Gasteiger partial charge in [-0.05, 0) is 71.3 Å². The summed E-state index contributed by atoms with van der Waals surface area (Å²) in [5.74, 6) is 2.06. The van der Waals surface area contributed by atoms with Crippen LogP contribution in [0.4, 0.5) is 0 Å². The highest BCUT2D eigenvalue weighted by Crippen LogP contribution is 2.39. The van der Waals surface area contributed by atoms with Crippen LogP contribution in [0.5, 0.6) is 0 Å². The Labute approximate surface area is 114 Å². The third-order valence-electron chi connectivity index (χ3n) is 4.76. The van der Waals surface area contributed by atoms with Gasteiger partial charge in [-0.25, -0.2) is 0 Å². The van der Waals surface area contributed by atoms with Crippen molar-refractivity contribution >= 4 is 0 Å². The number of nitrogens with one attached hydrogen (secondary N) is 1. The molecule has 1 rings (SSSR count). The van der Waals surface area contributed by atoms with Gasteiger partial charge in [0.15, 0.2) is 0 Å². The van der Waals surface area contributed by atoms with E-state index in [1.807, 2.05) is 6.92 Å². The van der Waals surface area contributed by atoms with Crippen molar-refractivity contribution in [2.75, 3.05) is 6.54 Å². The summed E-state index contributed by atoms with van der Waals surface area (Å²) >= 11 is 0. The quantitative estimate of drug-likeness (QED) is 0.804. The molecule has 0 amide bonds. The van der Waals surface area contributed by atoms with Crippen LogP contribution in [-0.4, -0.2) is 22.8 Å².